The Morgan fingerprint density at radius 3 is 1.79 bits per heavy atom. The van der Waals surface area contributed by atoms with Crippen LogP contribution in [0.25, 0.3) is 33.0 Å². The fourth-order valence-corrected chi connectivity index (χ4v) is 10.1. The van der Waals surface area contributed by atoms with Crippen LogP contribution >= 0.6 is 0 Å². The van der Waals surface area contributed by atoms with Gasteiger partial charge in [0.05, 0.1) is 28.0 Å². The molecule has 2 heterocycles. The molecule has 0 aromatic heterocycles. The van der Waals surface area contributed by atoms with E-state index in [-0.39, 0.29) is 6.17 Å². The molecule has 0 saturated carbocycles. The van der Waals surface area contributed by atoms with E-state index in [1.54, 1.807) is 0 Å². The van der Waals surface area contributed by atoms with Crippen LogP contribution < -0.4 is 15.2 Å². The molecule has 1 aliphatic carbocycles. The fourth-order valence-electron chi connectivity index (χ4n) is 10.1. The Hall–Kier alpha value is -7.49. The summed E-state index contributed by atoms with van der Waals surface area (Å²) in [4.78, 5) is 6.35. The monoisotopic (exact) mass is 740 g/mol. The standard InChI is InChI=1S/C55H37N3/c1-3-17-36(18-4-1)53-43-25-9-12-30-49(43)56-54(57-53)40-22-15-21-39(33-40)42-26-16-29-47-52(42)44-34-37-19-7-8-20-38(37)35-48(44)55(47)45-27-10-13-31-50(45)58(41-23-5-2-6-24-41)51-32-14-11-28-46(51)55/h1-35,54,56H/p+1. The highest BCUT2D eigenvalue weighted by atomic mass is 15.2. The minimum absolute atomic E-state index is 0.120. The van der Waals surface area contributed by atoms with Crippen molar-refractivity contribution in [2.75, 3.05) is 10.2 Å². The first-order chi connectivity index (χ1) is 28.8. The van der Waals surface area contributed by atoms with Crippen LogP contribution in [-0.4, -0.2) is 5.71 Å². The van der Waals surface area contributed by atoms with Crippen molar-refractivity contribution in [3.05, 3.63) is 251 Å². The fraction of sp³-hybridized carbons (Fsp3) is 0.0364. The third-order valence-corrected chi connectivity index (χ3v) is 12.5. The van der Waals surface area contributed by atoms with Crippen LogP contribution in [0.15, 0.2) is 212 Å². The van der Waals surface area contributed by atoms with Gasteiger partial charge in [0.2, 0.25) is 5.71 Å². The summed E-state index contributed by atoms with van der Waals surface area (Å²) in [6.45, 7) is 0. The molecule has 2 aliphatic heterocycles. The molecule has 0 amide bonds. The van der Waals surface area contributed by atoms with Crippen molar-refractivity contribution >= 4 is 39.2 Å². The number of hydrogen-bond donors (Lipinski definition) is 2. The molecule has 12 rings (SSSR count). The van der Waals surface area contributed by atoms with E-state index in [2.05, 4.69) is 228 Å². The number of nitrogens with zero attached hydrogens (tertiary/aromatic N) is 1. The lowest BCUT2D eigenvalue weighted by Gasteiger charge is -2.45. The second-order valence-corrected chi connectivity index (χ2v) is 15.6. The highest BCUT2D eigenvalue weighted by Crippen LogP contribution is 2.65. The molecule has 58 heavy (non-hydrogen) atoms. The van der Waals surface area contributed by atoms with Crippen molar-refractivity contribution < 1.29 is 4.99 Å². The van der Waals surface area contributed by atoms with E-state index in [1.807, 2.05) is 0 Å². The van der Waals surface area contributed by atoms with Gasteiger partial charge in [0.1, 0.15) is 0 Å². The maximum absolute atomic E-state index is 3.90. The summed E-state index contributed by atoms with van der Waals surface area (Å²) in [5.41, 5.74) is 19.0. The van der Waals surface area contributed by atoms with E-state index in [4.69, 9.17) is 0 Å². The topological polar surface area (TPSA) is 29.2 Å². The lowest BCUT2D eigenvalue weighted by molar-refractivity contribution is -0.502. The van der Waals surface area contributed by atoms with Crippen LogP contribution in [0.2, 0.25) is 0 Å². The summed E-state index contributed by atoms with van der Waals surface area (Å²) in [5.74, 6) is 0. The molecule has 0 fully saturated rings. The summed E-state index contributed by atoms with van der Waals surface area (Å²) in [6.07, 6.45) is -0.120. The Morgan fingerprint density at radius 2 is 1.02 bits per heavy atom. The largest absolute Gasteiger partial charge is 0.323 e. The Morgan fingerprint density at radius 1 is 0.431 bits per heavy atom. The zero-order chi connectivity index (χ0) is 38.2. The molecule has 1 atom stereocenters. The predicted octanol–water partition coefficient (Wildman–Crippen LogP) is 11.7. The van der Waals surface area contributed by atoms with Gasteiger partial charge in [0.15, 0.2) is 0 Å². The van der Waals surface area contributed by atoms with Crippen LogP contribution in [0.1, 0.15) is 45.1 Å². The number of hydrogen-bond acceptors (Lipinski definition) is 2. The van der Waals surface area contributed by atoms with E-state index >= 15 is 0 Å². The normalized spacial score (nSPS) is 15.4. The van der Waals surface area contributed by atoms with Crippen molar-refractivity contribution in [1.29, 1.82) is 0 Å². The molecule has 3 heteroatoms. The highest BCUT2D eigenvalue weighted by molar-refractivity contribution is 6.13. The van der Waals surface area contributed by atoms with Gasteiger partial charge in [-0.05, 0) is 122 Å². The molecule has 0 saturated heterocycles. The minimum atomic E-state index is -0.545. The lowest BCUT2D eigenvalue weighted by atomic mass is 9.64. The molecule has 0 radical (unpaired) electrons. The Labute approximate surface area is 338 Å². The van der Waals surface area contributed by atoms with Crippen LogP contribution in [0.3, 0.4) is 0 Å². The molecule has 0 bridgehead atoms. The molecule has 9 aromatic rings. The summed E-state index contributed by atoms with van der Waals surface area (Å²) in [6, 6.07) is 78.0. The van der Waals surface area contributed by atoms with Gasteiger partial charge >= 0.3 is 0 Å². The maximum atomic E-state index is 3.90. The second kappa shape index (κ2) is 12.8. The van der Waals surface area contributed by atoms with Gasteiger partial charge in [-0.25, -0.2) is 4.99 Å². The smallest absolute Gasteiger partial charge is 0.251 e. The molecule has 3 nitrogen and oxygen atoms in total. The van der Waals surface area contributed by atoms with Gasteiger partial charge in [-0.1, -0.05) is 146 Å². The van der Waals surface area contributed by atoms with Crippen LogP contribution in [0, 0.1) is 0 Å². The van der Waals surface area contributed by atoms with Crippen molar-refractivity contribution in [3.8, 4) is 22.3 Å². The first kappa shape index (κ1) is 32.7. The van der Waals surface area contributed by atoms with E-state index in [0.29, 0.717) is 0 Å². The molecular formula is C55H38N3+. The van der Waals surface area contributed by atoms with Crippen molar-refractivity contribution in [2.45, 2.75) is 11.6 Å². The quantitative estimate of drug-likeness (QED) is 0.188. The van der Waals surface area contributed by atoms with Crippen molar-refractivity contribution in [3.63, 3.8) is 0 Å². The third-order valence-electron chi connectivity index (χ3n) is 12.5. The van der Waals surface area contributed by atoms with Crippen molar-refractivity contribution in [2.24, 2.45) is 0 Å². The van der Waals surface area contributed by atoms with Gasteiger partial charge in [-0.15, -0.1) is 0 Å². The van der Waals surface area contributed by atoms with E-state index < -0.39 is 5.41 Å². The van der Waals surface area contributed by atoms with E-state index in [9.17, 15) is 0 Å². The minimum Gasteiger partial charge on any atom is -0.323 e. The van der Waals surface area contributed by atoms with E-state index in [0.717, 1.165) is 17.1 Å². The van der Waals surface area contributed by atoms with Crippen LogP contribution in [0.4, 0.5) is 22.7 Å². The third kappa shape index (κ3) is 4.71. The SMILES string of the molecule is c1ccc(C2=[NH+]C(c3cccc(-c4cccc5c4-c4cc6ccccc6cc4C54c5ccccc5N(c5ccccc5)c5ccccc54)c3)Nc3ccccc32)cc1. The lowest BCUT2D eigenvalue weighted by Crippen LogP contribution is -2.78. The molecule has 1 spiro atoms. The average Bonchev–Trinajstić information content (AvgIpc) is 3.58. The molecule has 272 valence electrons. The number of benzene rings is 9. The molecule has 9 aromatic carbocycles. The molecule has 2 N–H and O–H groups in total. The Bertz CT molecular complexity index is 3060. The molecule has 1 unspecified atom stereocenters. The van der Waals surface area contributed by atoms with Gasteiger partial charge in [-0.2, -0.15) is 0 Å². The van der Waals surface area contributed by atoms with Crippen LogP contribution in [0.5, 0.6) is 0 Å². The zero-order valence-corrected chi connectivity index (χ0v) is 31.7. The number of rotatable bonds is 4. The first-order valence-corrected chi connectivity index (χ1v) is 20.1. The Balaban J connectivity index is 1.10. The zero-order valence-electron chi connectivity index (χ0n) is 31.7. The Kier molecular flexibility index (Phi) is 7.21. The number of para-hydroxylation sites is 4. The second-order valence-electron chi connectivity index (χ2n) is 15.6. The number of anilines is 4. The maximum Gasteiger partial charge on any atom is 0.251 e. The van der Waals surface area contributed by atoms with Crippen molar-refractivity contribution in [1.82, 2.24) is 0 Å². The van der Waals surface area contributed by atoms with Gasteiger partial charge in [0.25, 0.3) is 6.17 Å². The van der Waals surface area contributed by atoms with Gasteiger partial charge < -0.3 is 10.2 Å². The summed E-state index contributed by atoms with van der Waals surface area (Å²) >= 11 is 0. The first-order valence-electron chi connectivity index (χ1n) is 20.1. The highest BCUT2D eigenvalue weighted by Gasteiger charge is 2.52. The predicted molar refractivity (Wildman–Crippen MR) is 238 cm³/mol. The average molecular weight is 741 g/mol. The number of nitrogens with one attached hydrogen (secondary N) is 2. The summed E-state index contributed by atoms with van der Waals surface area (Å²) in [5, 5.41) is 6.32. The van der Waals surface area contributed by atoms with E-state index in [1.165, 1.54) is 83.3 Å². The summed E-state index contributed by atoms with van der Waals surface area (Å²) < 4.78 is 0. The number of fused-ring (bicyclic) bond motifs is 11. The molecular weight excluding hydrogens is 703 g/mol. The molecule has 3 aliphatic rings. The summed E-state index contributed by atoms with van der Waals surface area (Å²) in [7, 11) is 0. The van der Waals surface area contributed by atoms with Gasteiger partial charge in [0, 0.05) is 16.8 Å². The van der Waals surface area contributed by atoms with Crippen LogP contribution in [-0.2, 0) is 5.41 Å². The van der Waals surface area contributed by atoms with Gasteiger partial charge in [-0.3, -0.25) is 0 Å².